The number of hydrogen-bond donors (Lipinski definition) is 0. The van der Waals surface area contributed by atoms with Crippen LogP contribution >= 0.6 is 11.6 Å². The summed E-state index contributed by atoms with van der Waals surface area (Å²) in [4.78, 5) is 5.87. The molecule has 0 bridgehead atoms. The summed E-state index contributed by atoms with van der Waals surface area (Å²) in [6.45, 7) is 6.54. The summed E-state index contributed by atoms with van der Waals surface area (Å²) >= 11 is 6.26. The highest BCUT2D eigenvalue weighted by Gasteiger charge is 2.32. The lowest BCUT2D eigenvalue weighted by Gasteiger charge is -2.15. The van der Waals surface area contributed by atoms with Crippen LogP contribution < -0.4 is 0 Å². The monoisotopic (exact) mass is 419 g/mol. The molecule has 3 heterocycles. The van der Waals surface area contributed by atoms with Crippen LogP contribution in [0.2, 0.25) is 5.02 Å². The van der Waals surface area contributed by atoms with E-state index in [4.69, 9.17) is 11.6 Å². The van der Waals surface area contributed by atoms with E-state index in [0.29, 0.717) is 17.1 Å². The minimum absolute atomic E-state index is 0.490. The zero-order valence-electron chi connectivity index (χ0n) is 16.1. The van der Waals surface area contributed by atoms with E-state index in [-0.39, 0.29) is 0 Å². The minimum atomic E-state index is -4.45. The molecule has 3 nitrogen and oxygen atoms in total. The topological polar surface area (TPSA) is 21.1 Å². The van der Waals surface area contributed by atoms with Crippen LogP contribution in [0.3, 0.4) is 0 Å². The highest BCUT2D eigenvalue weighted by Crippen LogP contribution is 2.33. The van der Waals surface area contributed by atoms with Crippen LogP contribution in [0.25, 0.3) is 16.5 Å². The van der Waals surface area contributed by atoms with Gasteiger partial charge < -0.3 is 9.47 Å². The van der Waals surface area contributed by atoms with E-state index in [0.717, 1.165) is 48.5 Å². The third-order valence-electron chi connectivity index (χ3n) is 5.53. The molecule has 0 saturated carbocycles. The number of fused-ring (bicyclic) bond motifs is 3. The molecule has 152 valence electrons. The van der Waals surface area contributed by atoms with Gasteiger partial charge in [0.15, 0.2) is 0 Å². The quantitative estimate of drug-likeness (QED) is 0.562. The molecule has 29 heavy (non-hydrogen) atoms. The maximum Gasteiger partial charge on any atom is 0.433 e. The van der Waals surface area contributed by atoms with E-state index >= 15 is 0 Å². The van der Waals surface area contributed by atoms with Crippen LogP contribution in [0.5, 0.6) is 0 Å². The highest BCUT2D eigenvalue weighted by molar-refractivity contribution is 6.31. The lowest BCUT2D eigenvalue weighted by Crippen LogP contribution is -2.21. The SMILES string of the molecule is C=C(Cn1c2c(c3cc(Cl)ccc31)CCN(C)CC2)c1ccc(C(F)(F)F)nc1. The maximum absolute atomic E-state index is 12.8. The van der Waals surface area contributed by atoms with Gasteiger partial charge in [-0.2, -0.15) is 13.2 Å². The van der Waals surface area contributed by atoms with Crippen molar-refractivity contribution in [3.05, 3.63) is 70.6 Å². The molecule has 0 unspecified atom stereocenters. The second-order valence-corrected chi connectivity index (χ2v) is 7.95. The van der Waals surface area contributed by atoms with E-state index in [9.17, 15) is 13.2 Å². The minimum Gasteiger partial charge on any atom is -0.340 e. The number of pyridine rings is 1. The van der Waals surface area contributed by atoms with E-state index in [1.165, 1.54) is 23.5 Å². The molecule has 4 rings (SSSR count). The largest absolute Gasteiger partial charge is 0.433 e. The first-order valence-electron chi connectivity index (χ1n) is 9.43. The number of likely N-dealkylation sites (N-methyl/N-ethyl adjacent to an activating group) is 1. The first kappa shape index (κ1) is 20.0. The molecule has 7 heteroatoms. The number of allylic oxidation sites excluding steroid dienone is 1. The molecular weight excluding hydrogens is 399 g/mol. The highest BCUT2D eigenvalue weighted by atomic mass is 35.5. The molecule has 3 aromatic rings. The molecule has 0 atom stereocenters. The summed E-state index contributed by atoms with van der Waals surface area (Å²) in [5.74, 6) is 0. The smallest absolute Gasteiger partial charge is 0.340 e. The average molecular weight is 420 g/mol. The van der Waals surface area contributed by atoms with Gasteiger partial charge in [0.1, 0.15) is 5.69 Å². The van der Waals surface area contributed by atoms with Gasteiger partial charge in [-0.25, -0.2) is 0 Å². The lowest BCUT2D eigenvalue weighted by atomic mass is 10.1. The van der Waals surface area contributed by atoms with E-state index in [1.807, 2.05) is 18.2 Å². The third-order valence-corrected chi connectivity index (χ3v) is 5.77. The van der Waals surface area contributed by atoms with Crippen molar-refractivity contribution >= 4 is 28.1 Å². The summed E-state index contributed by atoms with van der Waals surface area (Å²) in [5.41, 5.74) is 4.04. The Morgan fingerprint density at radius 3 is 2.62 bits per heavy atom. The number of alkyl halides is 3. The average Bonchev–Trinajstić information content (AvgIpc) is 2.81. The van der Waals surface area contributed by atoms with Gasteiger partial charge in [-0.15, -0.1) is 0 Å². The molecule has 1 aliphatic rings. The summed E-state index contributed by atoms with van der Waals surface area (Å²) in [6, 6.07) is 8.32. The van der Waals surface area contributed by atoms with Crippen molar-refractivity contribution in [1.82, 2.24) is 14.5 Å². The maximum atomic E-state index is 12.8. The lowest BCUT2D eigenvalue weighted by molar-refractivity contribution is -0.141. The molecule has 0 saturated heterocycles. The van der Waals surface area contributed by atoms with Crippen molar-refractivity contribution in [2.24, 2.45) is 0 Å². The Labute approximate surface area is 172 Å². The van der Waals surface area contributed by atoms with Crippen LogP contribution in [0.4, 0.5) is 13.2 Å². The molecule has 0 amide bonds. The number of aromatic nitrogens is 2. The molecule has 1 aromatic carbocycles. The van der Waals surface area contributed by atoms with Crippen LogP contribution in [-0.4, -0.2) is 34.6 Å². The molecule has 0 aliphatic carbocycles. The van der Waals surface area contributed by atoms with Crippen molar-refractivity contribution in [1.29, 1.82) is 0 Å². The second-order valence-electron chi connectivity index (χ2n) is 7.51. The van der Waals surface area contributed by atoms with Gasteiger partial charge in [0.2, 0.25) is 0 Å². The van der Waals surface area contributed by atoms with Gasteiger partial charge in [-0.3, -0.25) is 4.98 Å². The fourth-order valence-electron chi connectivity index (χ4n) is 3.96. The summed E-state index contributed by atoms with van der Waals surface area (Å²) in [7, 11) is 2.11. The first-order chi connectivity index (χ1) is 13.7. The second kappa shape index (κ2) is 7.50. The Kier molecular flexibility index (Phi) is 5.17. The Morgan fingerprint density at radius 2 is 1.93 bits per heavy atom. The Morgan fingerprint density at radius 1 is 1.17 bits per heavy atom. The molecule has 1 aliphatic heterocycles. The number of hydrogen-bond acceptors (Lipinski definition) is 2. The van der Waals surface area contributed by atoms with Gasteiger partial charge in [0.25, 0.3) is 0 Å². The van der Waals surface area contributed by atoms with Gasteiger partial charge in [0, 0.05) is 53.9 Å². The zero-order valence-corrected chi connectivity index (χ0v) is 16.8. The summed E-state index contributed by atoms with van der Waals surface area (Å²) in [6.07, 6.45) is -1.36. The predicted octanol–water partition coefficient (Wildman–Crippen LogP) is 5.45. The molecule has 0 spiro atoms. The fraction of sp³-hybridized carbons (Fsp3) is 0.318. The predicted molar refractivity (Wildman–Crippen MR) is 110 cm³/mol. The Hall–Kier alpha value is -2.31. The van der Waals surface area contributed by atoms with E-state index in [2.05, 4.69) is 28.1 Å². The van der Waals surface area contributed by atoms with Crippen molar-refractivity contribution in [3.8, 4) is 0 Å². The molecule has 0 N–H and O–H groups in total. The van der Waals surface area contributed by atoms with Gasteiger partial charge in [-0.05, 0) is 54.4 Å². The van der Waals surface area contributed by atoms with Crippen molar-refractivity contribution < 1.29 is 13.2 Å². The normalized spacial score (nSPS) is 15.3. The fourth-order valence-corrected chi connectivity index (χ4v) is 4.13. The van der Waals surface area contributed by atoms with Crippen LogP contribution in [0.15, 0.2) is 43.1 Å². The molecule has 0 fully saturated rings. The zero-order chi connectivity index (χ0) is 20.8. The Balaban J connectivity index is 1.71. The van der Waals surface area contributed by atoms with Crippen molar-refractivity contribution in [3.63, 3.8) is 0 Å². The van der Waals surface area contributed by atoms with E-state index in [1.54, 1.807) is 0 Å². The van der Waals surface area contributed by atoms with Crippen LogP contribution in [-0.2, 0) is 25.6 Å². The van der Waals surface area contributed by atoms with Crippen LogP contribution in [0, 0.1) is 0 Å². The molecule has 0 radical (unpaired) electrons. The third kappa shape index (κ3) is 3.91. The number of halogens is 4. The standard InChI is InChI=1S/C22H21ClF3N3/c1-14(15-3-6-21(27-12-15)22(24,25)26)13-29-19-5-4-16(23)11-18(19)17-7-9-28(2)10-8-20(17)29/h3-6,11-12H,1,7-10,13H2,2H3. The van der Waals surface area contributed by atoms with Crippen molar-refractivity contribution in [2.75, 3.05) is 20.1 Å². The Bertz CT molecular complexity index is 1070. The first-order valence-corrected chi connectivity index (χ1v) is 9.81. The number of nitrogens with zero attached hydrogens (tertiary/aromatic N) is 3. The molecule has 2 aromatic heterocycles. The number of rotatable bonds is 3. The summed E-state index contributed by atoms with van der Waals surface area (Å²) in [5, 5.41) is 1.84. The van der Waals surface area contributed by atoms with Gasteiger partial charge in [-0.1, -0.05) is 24.2 Å². The summed E-state index contributed by atoms with van der Waals surface area (Å²) < 4.78 is 40.6. The van der Waals surface area contributed by atoms with Crippen molar-refractivity contribution in [2.45, 2.75) is 25.6 Å². The van der Waals surface area contributed by atoms with E-state index < -0.39 is 11.9 Å². The molecular formula is C22H21ClF3N3. The number of benzene rings is 1. The van der Waals surface area contributed by atoms with Crippen LogP contribution in [0.1, 0.15) is 22.5 Å². The van der Waals surface area contributed by atoms with Gasteiger partial charge in [0.05, 0.1) is 0 Å². The van der Waals surface area contributed by atoms with Gasteiger partial charge >= 0.3 is 6.18 Å².